The Labute approximate surface area is 194 Å². The van der Waals surface area contributed by atoms with Gasteiger partial charge in [0, 0.05) is 24.0 Å². The third-order valence-corrected chi connectivity index (χ3v) is 7.03. The van der Waals surface area contributed by atoms with Crippen molar-refractivity contribution in [1.29, 1.82) is 0 Å². The summed E-state index contributed by atoms with van der Waals surface area (Å²) in [4.78, 5) is 4.81. The van der Waals surface area contributed by atoms with Gasteiger partial charge in [0.1, 0.15) is 22.8 Å². The Morgan fingerprint density at radius 1 is 1.29 bits per heavy atom. The molecule has 0 saturated heterocycles. The Morgan fingerprint density at radius 3 is 3.03 bits per heavy atom. The van der Waals surface area contributed by atoms with Crippen molar-refractivity contribution >= 4 is 55.4 Å². The zero-order valence-corrected chi connectivity index (χ0v) is 19.3. The molecule has 31 heavy (non-hydrogen) atoms. The van der Waals surface area contributed by atoms with Crippen molar-refractivity contribution in [1.82, 2.24) is 20.1 Å². The van der Waals surface area contributed by atoms with Gasteiger partial charge in [-0.3, -0.25) is 4.68 Å². The molecular formula is C22H16FIN4O2S. The van der Waals surface area contributed by atoms with E-state index in [-0.39, 0.29) is 11.9 Å². The van der Waals surface area contributed by atoms with Crippen molar-refractivity contribution < 1.29 is 11.9 Å². The molecule has 1 atom stereocenters. The van der Waals surface area contributed by atoms with Crippen molar-refractivity contribution in [2.24, 2.45) is 0 Å². The van der Waals surface area contributed by atoms with Crippen molar-refractivity contribution in [2.45, 2.75) is 19.5 Å². The number of hydrogen-bond donors (Lipinski definition) is 1. The van der Waals surface area contributed by atoms with Crippen LogP contribution in [0.25, 0.3) is 43.6 Å². The molecule has 0 bridgehead atoms. The summed E-state index contributed by atoms with van der Waals surface area (Å²) in [6.45, 7) is 3.69. The highest BCUT2D eigenvalue weighted by atomic mass is 127. The van der Waals surface area contributed by atoms with Crippen LogP contribution in [0.1, 0.15) is 18.7 Å². The van der Waals surface area contributed by atoms with Gasteiger partial charge in [0.2, 0.25) is 5.88 Å². The summed E-state index contributed by atoms with van der Waals surface area (Å²) in [7, 11) is 0. The number of aromatic nitrogens is 3. The van der Waals surface area contributed by atoms with Gasteiger partial charge in [-0.2, -0.15) is 5.10 Å². The molecule has 0 fully saturated rings. The summed E-state index contributed by atoms with van der Waals surface area (Å²) in [5.41, 5.74) is 3.92. The smallest absolute Gasteiger partial charge is 0.234 e. The van der Waals surface area contributed by atoms with E-state index in [2.05, 4.69) is 12.2 Å². The molecule has 6 rings (SSSR count). The molecule has 0 amide bonds. The van der Waals surface area contributed by atoms with Gasteiger partial charge in [-0.25, -0.2) is 9.37 Å². The lowest BCUT2D eigenvalue weighted by atomic mass is 9.98. The van der Waals surface area contributed by atoms with E-state index in [1.807, 2.05) is 51.3 Å². The van der Waals surface area contributed by atoms with Gasteiger partial charge in [0.15, 0.2) is 23.0 Å². The van der Waals surface area contributed by atoms with Crippen molar-refractivity contribution in [3.05, 3.63) is 53.5 Å². The molecule has 0 aliphatic carbocycles. The van der Waals surface area contributed by atoms with E-state index in [1.165, 1.54) is 17.4 Å². The molecule has 0 saturated carbocycles. The highest BCUT2D eigenvalue weighted by Crippen LogP contribution is 2.46. The predicted octanol–water partition coefficient (Wildman–Crippen LogP) is 6.11. The highest BCUT2D eigenvalue weighted by Gasteiger charge is 2.27. The number of thiophene rings is 1. The standard InChI is InChI=1S/C22H16FIN4O2S/c1-11-9-25-10-13-8-16(27-28(11)13)19-18(21-14(5-7-31-21)22(26-19)30-24)17-15(23)3-2-12-4-6-29-20(12)17/h2-8,11,25H,9-10H2,1H3. The van der Waals surface area contributed by atoms with Gasteiger partial charge < -0.3 is 12.8 Å². The van der Waals surface area contributed by atoms with Gasteiger partial charge in [0.25, 0.3) is 0 Å². The van der Waals surface area contributed by atoms with Crippen LogP contribution in [-0.4, -0.2) is 21.3 Å². The quantitative estimate of drug-likeness (QED) is 0.277. The maximum Gasteiger partial charge on any atom is 0.234 e. The van der Waals surface area contributed by atoms with E-state index in [0.29, 0.717) is 34.0 Å². The fourth-order valence-corrected chi connectivity index (χ4v) is 5.55. The van der Waals surface area contributed by atoms with Gasteiger partial charge in [-0.1, -0.05) is 0 Å². The molecule has 0 spiro atoms. The Hall–Kier alpha value is -2.50. The van der Waals surface area contributed by atoms with E-state index in [0.717, 1.165) is 34.3 Å². The molecule has 1 aromatic carbocycles. The predicted molar refractivity (Wildman–Crippen MR) is 127 cm³/mol. The lowest BCUT2D eigenvalue weighted by molar-refractivity contribution is 0.392. The minimum Gasteiger partial charge on any atom is -0.464 e. The molecule has 4 aromatic heterocycles. The number of fused-ring (bicyclic) bond motifs is 3. The summed E-state index contributed by atoms with van der Waals surface area (Å²) < 4.78 is 29.5. The van der Waals surface area contributed by atoms with Gasteiger partial charge in [-0.15, -0.1) is 11.3 Å². The van der Waals surface area contributed by atoms with Gasteiger partial charge in [0.05, 0.1) is 33.6 Å². The number of nitrogens with zero attached hydrogens (tertiary/aromatic N) is 3. The van der Waals surface area contributed by atoms with Crippen LogP contribution < -0.4 is 8.38 Å². The number of rotatable bonds is 3. The molecular weight excluding hydrogens is 530 g/mol. The number of pyridine rings is 1. The van der Waals surface area contributed by atoms with Crippen LogP contribution >= 0.6 is 34.3 Å². The minimum atomic E-state index is -0.359. The normalized spacial score (nSPS) is 16.2. The Balaban J connectivity index is 1.73. The second-order valence-corrected chi connectivity index (χ2v) is 8.94. The van der Waals surface area contributed by atoms with Crippen LogP contribution in [0, 0.1) is 5.82 Å². The summed E-state index contributed by atoms with van der Waals surface area (Å²) in [5.74, 6) is 0.127. The largest absolute Gasteiger partial charge is 0.464 e. The molecule has 0 radical (unpaired) electrons. The number of nitrogens with one attached hydrogen (secondary N) is 1. The first-order valence-corrected chi connectivity index (χ1v) is 11.6. The van der Waals surface area contributed by atoms with Crippen molar-refractivity contribution in [3.63, 3.8) is 0 Å². The summed E-state index contributed by atoms with van der Waals surface area (Å²) in [5, 5.41) is 11.9. The lowest BCUT2D eigenvalue weighted by Crippen LogP contribution is -2.31. The monoisotopic (exact) mass is 546 g/mol. The van der Waals surface area contributed by atoms with Gasteiger partial charge in [-0.05, 0) is 42.6 Å². The first kappa shape index (κ1) is 19.2. The topological polar surface area (TPSA) is 65.1 Å². The number of benzene rings is 1. The zero-order chi connectivity index (χ0) is 21.1. The molecule has 1 unspecified atom stereocenters. The number of halogens is 2. The van der Waals surface area contributed by atoms with Crippen LogP contribution in [0.3, 0.4) is 0 Å². The Kier molecular flexibility index (Phi) is 4.51. The number of furan rings is 1. The molecule has 1 aliphatic rings. The molecule has 5 heterocycles. The average molecular weight is 546 g/mol. The first-order valence-electron chi connectivity index (χ1n) is 9.81. The summed E-state index contributed by atoms with van der Waals surface area (Å²) in [6.07, 6.45) is 1.58. The molecule has 5 aromatic rings. The fourth-order valence-electron chi connectivity index (χ4n) is 4.27. The Morgan fingerprint density at radius 2 is 2.19 bits per heavy atom. The lowest BCUT2D eigenvalue weighted by Gasteiger charge is -2.21. The first-order chi connectivity index (χ1) is 15.2. The Bertz CT molecular complexity index is 1460. The molecule has 1 N–H and O–H groups in total. The maximum absolute atomic E-state index is 15.3. The van der Waals surface area contributed by atoms with Crippen LogP contribution in [-0.2, 0) is 6.54 Å². The van der Waals surface area contributed by atoms with E-state index >= 15 is 4.39 Å². The van der Waals surface area contributed by atoms with Crippen molar-refractivity contribution in [2.75, 3.05) is 6.54 Å². The average Bonchev–Trinajstić information content (AvgIpc) is 3.52. The summed E-state index contributed by atoms with van der Waals surface area (Å²) in [6, 6.07) is 9.22. The maximum atomic E-state index is 15.3. The molecule has 156 valence electrons. The van der Waals surface area contributed by atoms with E-state index < -0.39 is 0 Å². The second kappa shape index (κ2) is 7.28. The van der Waals surface area contributed by atoms with Crippen LogP contribution in [0.4, 0.5) is 4.39 Å². The second-order valence-electron chi connectivity index (χ2n) is 7.59. The number of hydrogen-bond acceptors (Lipinski definition) is 6. The summed E-state index contributed by atoms with van der Waals surface area (Å²) >= 11 is 3.36. The molecule has 9 heteroatoms. The van der Waals surface area contributed by atoms with E-state index in [1.54, 1.807) is 12.3 Å². The SMILES string of the molecule is CC1CNCc2cc(-c3nc(OI)c4ccsc4c3-c3c(F)ccc4ccoc34)nn21. The van der Waals surface area contributed by atoms with Crippen LogP contribution in [0.5, 0.6) is 5.88 Å². The zero-order valence-electron chi connectivity index (χ0n) is 16.4. The van der Waals surface area contributed by atoms with E-state index in [4.69, 9.17) is 17.6 Å². The third kappa shape index (κ3) is 2.90. The van der Waals surface area contributed by atoms with Crippen molar-refractivity contribution in [3.8, 4) is 28.4 Å². The van der Waals surface area contributed by atoms with Gasteiger partial charge >= 0.3 is 0 Å². The fraction of sp³-hybridized carbons (Fsp3) is 0.182. The van der Waals surface area contributed by atoms with Crippen LogP contribution in [0.2, 0.25) is 0 Å². The molecule has 6 nitrogen and oxygen atoms in total. The van der Waals surface area contributed by atoms with Crippen LogP contribution in [0.15, 0.2) is 46.4 Å². The van der Waals surface area contributed by atoms with E-state index in [9.17, 15) is 0 Å². The molecule has 1 aliphatic heterocycles. The third-order valence-electron chi connectivity index (χ3n) is 5.69. The highest BCUT2D eigenvalue weighted by molar-refractivity contribution is 14.1. The minimum absolute atomic E-state index is 0.219.